The third-order valence-corrected chi connectivity index (χ3v) is 7.03. The molecule has 2 amide bonds. The number of hydrogen-bond acceptors (Lipinski definition) is 8. The molecule has 3 N–H and O–H groups in total. The van der Waals surface area contributed by atoms with Crippen molar-refractivity contribution in [2.24, 2.45) is 5.73 Å². The molecule has 0 spiro atoms. The van der Waals surface area contributed by atoms with E-state index in [0.717, 1.165) is 0 Å². The smallest absolute Gasteiger partial charge is 0.355 e. The topological polar surface area (TPSA) is 145 Å². The van der Waals surface area contributed by atoms with E-state index in [1.807, 2.05) is 6.07 Å². The summed E-state index contributed by atoms with van der Waals surface area (Å²) in [4.78, 5) is 49.9. The van der Waals surface area contributed by atoms with Gasteiger partial charge in [-0.05, 0) is 35.8 Å². The number of benzene rings is 2. The van der Waals surface area contributed by atoms with E-state index in [0.29, 0.717) is 22.5 Å². The first-order valence-electron chi connectivity index (χ1n) is 10.4. The van der Waals surface area contributed by atoms with E-state index in [-0.39, 0.29) is 18.0 Å². The van der Waals surface area contributed by atoms with Crippen LogP contribution < -0.4 is 11.1 Å². The van der Waals surface area contributed by atoms with Crippen molar-refractivity contribution in [1.29, 1.82) is 0 Å². The van der Waals surface area contributed by atoms with E-state index >= 15 is 0 Å². The average Bonchev–Trinajstić information content (AvgIpc) is 2.85. The maximum Gasteiger partial charge on any atom is 0.355 e. The number of non-ortho nitro benzene ring substituents is 1. The fraction of sp³-hybridized carbons (Fsp3) is 0.261. The van der Waals surface area contributed by atoms with Crippen LogP contribution in [0.1, 0.15) is 24.1 Å². The Balaban J connectivity index is 1.39. The lowest BCUT2D eigenvalue weighted by Crippen LogP contribution is -2.71. The first kappa shape index (κ1) is 23.5. The fourth-order valence-corrected chi connectivity index (χ4v) is 5.04. The number of fused-ring (bicyclic) bond motifs is 1. The quantitative estimate of drug-likeness (QED) is 0.264. The highest BCUT2D eigenvalue weighted by atomic mass is 32.2. The molecule has 10 nitrogen and oxygen atoms in total. The third kappa shape index (κ3) is 4.52. The largest absolute Gasteiger partial charge is 0.456 e. The Morgan fingerprint density at radius 3 is 2.56 bits per heavy atom. The summed E-state index contributed by atoms with van der Waals surface area (Å²) in [5.41, 5.74) is 8.03. The van der Waals surface area contributed by atoms with E-state index in [1.54, 1.807) is 31.2 Å². The summed E-state index contributed by atoms with van der Waals surface area (Å²) in [5, 5.41) is 13.0. The Bertz CT molecular complexity index is 1170. The summed E-state index contributed by atoms with van der Waals surface area (Å²) in [7, 11) is 0. The van der Waals surface area contributed by atoms with E-state index in [1.165, 1.54) is 40.9 Å². The van der Waals surface area contributed by atoms with Gasteiger partial charge in [0.05, 0.1) is 4.92 Å². The molecule has 1 saturated heterocycles. The van der Waals surface area contributed by atoms with Gasteiger partial charge in [0.2, 0.25) is 5.91 Å². The number of ether oxygens (including phenoxy) is 1. The van der Waals surface area contributed by atoms with Crippen molar-refractivity contribution in [1.82, 2.24) is 10.2 Å². The van der Waals surface area contributed by atoms with Crippen molar-refractivity contribution in [3.63, 3.8) is 0 Å². The van der Waals surface area contributed by atoms with Gasteiger partial charge in [-0.2, -0.15) is 0 Å². The van der Waals surface area contributed by atoms with Gasteiger partial charge in [0.15, 0.2) is 0 Å². The first-order valence-corrected chi connectivity index (χ1v) is 11.5. The molecule has 4 rings (SSSR count). The van der Waals surface area contributed by atoms with Crippen molar-refractivity contribution in [3.05, 3.63) is 87.1 Å². The molecule has 2 aliphatic heterocycles. The minimum absolute atomic E-state index is 0.0629. The van der Waals surface area contributed by atoms with Crippen LogP contribution in [-0.4, -0.2) is 44.8 Å². The van der Waals surface area contributed by atoms with Gasteiger partial charge in [0, 0.05) is 17.9 Å². The summed E-state index contributed by atoms with van der Waals surface area (Å²) < 4.78 is 5.37. The number of rotatable bonds is 7. The number of nitro benzene ring substituents is 1. The summed E-state index contributed by atoms with van der Waals surface area (Å²) >= 11 is 1.44. The summed E-state index contributed by atoms with van der Waals surface area (Å²) in [6.07, 6.45) is 0. The first-order chi connectivity index (χ1) is 16.3. The number of amides is 2. The second kappa shape index (κ2) is 9.65. The summed E-state index contributed by atoms with van der Waals surface area (Å²) in [5.74, 6) is -1.06. The van der Waals surface area contributed by atoms with Crippen LogP contribution in [0, 0.1) is 10.1 Å². The summed E-state index contributed by atoms with van der Waals surface area (Å²) in [6.45, 7) is 1.65. The maximum absolute atomic E-state index is 12.9. The van der Waals surface area contributed by atoms with Crippen LogP contribution >= 0.6 is 11.8 Å². The number of nitro groups is 1. The van der Waals surface area contributed by atoms with Crippen LogP contribution in [0.15, 0.2) is 65.9 Å². The minimum atomic E-state index is -0.917. The van der Waals surface area contributed by atoms with Gasteiger partial charge in [-0.3, -0.25) is 24.6 Å². The minimum Gasteiger partial charge on any atom is -0.456 e. The monoisotopic (exact) mass is 482 g/mol. The number of esters is 1. The van der Waals surface area contributed by atoms with Gasteiger partial charge in [0.1, 0.15) is 29.8 Å². The predicted molar refractivity (Wildman–Crippen MR) is 124 cm³/mol. The van der Waals surface area contributed by atoms with E-state index in [2.05, 4.69) is 5.32 Å². The molecular weight excluding hydrogens is 460 g/mol. The SMILES string of the molecule is CC1=C(C(=O)OCc2ccc([N+](=O)[O-])cc2)N2C(=O)C(NC(=O)C(N)c3ccccc3)[C@@H]2SC1. The Hall–Kier alpha value is -3.70. The van der Waals surface area contributed by atoms with Crippen molar-refractivity contribution < 1.29 is 24.0 Å². The molecule has 0 radical (unpaired) electrons. The molecule has 2 aromatic carbocycles. The number of nitrogens with one attached hydrogen (secondary N) is 1. The fourth-order valence-electron chi connectivity index (χ4n) is 3.75. The standard InChI is InChI=1S/C23H22N4O6S/c1-13-12-34-22-18(25-20(28)17(24)15-5-3-2-4-6-15)21(29)26(22)19(13)23(30)33-11-14-7-9-16(10-8-14)27(31)32/h2-10,17-18,22H,11-12,24H2,1H3,(H,25,28)/t17?,18?,22-/m0/s1. The number of carbonyl (C=O) groups is 3. The van der Waals surface area contributed by atoms with Gasteiger partial charge < -0.3 is 15.8 Å². The Morgan fingerprint density at radius 2 is 1.91 bits per heavy atom. The highest BCUT2D eigenvalue weighted by molar-refractivity contribution is 8.00. The Labute approximate surface area is 199 Å². The molecule has 2 unspecified atom stereocenters. The summed E-state index contributed by atoms with van der Waals surface area (Å²) in [6, 6.07) is 12.8. The molecule has 0 aliphatic carbocycles. The lowest BCUT2D eigenvalue weighted by Gasteiger charge is -2.49. The van der Waals surface area contributed by atoms with E-state index < -0.39 is 40.2 Å². The molecule has 0 aromatic heterocycles. The van der Waals surface area contributed by atoms with Crippen molar-refractivity contribution >= 4 is 35.2 Å². The van der Waals surface area contributed by atoms with Gasteiger partial charge in [-0.1, -0.05) is 30.3 Å². The van der Waals surface area contributed by atoms with Crippen molar-refractivity contribution in [2.75, 3.05) is 5.75 Å². The van der Waals surface area contributed by atoms with Crippen LogP contribution in [0.25, 0.3) is 0 Å². The number of carbonyl (C=O) groups excluding carboxylic acids is 3. The van der Waals surface area contributed by atoms with Gasteiger partial charge in [0.25, 0.3) is 11.6 Å². The van der Waals surface area contributed by atoms with Gasteiger partial charge in [-0.15, -0.1) is 11.8 Å². The molecule has 0 bridgehead atoms. The van der Waals surface area contributed by atoms with Crippen LogP contribution in [0.5, 0.6) is 0 Å². The van der Waals surface area contributed by atoms with Gasteiger partial charge in [-0.25, -0.2) is 4.79 Å². The van der Waals surface area contributed by atoms with Gasteiger partial charge >= 0.3 is 5.97 Å². The lowest BCUT2D eigenvalue weighted by molar-refractivity contribution is -0.384. The van der Waals surface area contributed by atoms with Crippen molar-refractivity contribution in [2.45, 2.75) is 31.0 Å². The number of β-lactam (4-membered cyclic amide) rings is 1. The zero-order chi connectivity index (χ0) is 24.4. The second-order valence-electron chi connectivity index (χ2n) is 7.91. The molecule has 1 fully saturated rings. The Kier molecular flexibility index (Phi) is 6.66. The molecular formula is C23H22N4O6S. The predicted octanol–water partition coefficient (Wildman–Crippen LogP) is 2.01. The molecule has 2 aliphatic rings. The highest BCUT2D eigenvalue weighted by Crippen LogP contribution is 2.40. The van der Waals surface area contributed by atoms with E-state index in [4.69, 9.17) is 10.5 Å². The molecule has 34 heavy (non-hydrogen) atoms. The zero-order valence-corrected chi connectivity index (χ0v) is 19.0. The maximum atomic E-state index is 12.9. The molecule has 2 aromatic rings. The number of hydrogen-bond donors (Lipinski definition) is 2. The second-order valence-corrected chi connectivity index (χ2v) is 9.02. The average molecular weight is 483 g/mol. The van der Waals surface area contributed by atoms with Crippen molar-refractivity contribution in [3.8, 4) is 0 Å². The normalized spacial score (nSPS) is 20.2. The van der Waals surface area contributed by atoms with E-state index in [9.17, 15) is 24.5 Å². The molecule has 0 saturated carbocycles. The molecule has 176 valence electrons. The van der Waals surface area contributed by atoms with Crippen LogP contribution in [0.4, 0.5) is 5.69 Å². The molecule has 11 heteroatoms. The number of nitrogens with two attached hydrogens (primary N) is 1. The van der Waals surface area contributed by atoms with Crippen LogP contribution in [-0.2, 0) is 25.7 Å². The van der Waals surface area contributed by atoms with Crippen LogP contribution in [0.2, 0.25) is 0 Å². The molecule has 2 heterocycles. The van der Waals surface area contributed by atoms with Crippen LogP contribution in [0.3, 0.4) is 0 Å². The molecule has 3 atom stereocenters. The number of nitrogens with zero attached hydrogens (tertiary/aromatic N) is 2. The zero-order valence-electron chi connectivity index (χ0n) is 18.2. The lowest BCUT2D eigenvalue weighted by atomic mass is 10.0. The Morgan fingerprint density at radius 1 is 1.24 bits per heavy atom. The number of thioether (sulfide) groups is 1. The highest BCUT2D eigenvalue weighted by Gasteiger charge is 2.54. The third-order valence-electron chi connectivity index (χ3n) is 5.61.